The summed E-state index contributed by atoms with van der Waals surface area (Å²) in [7, 11) is 0. The lowest BCUT2D eigenvalue weighted by molar-refractivity contribution is 0.0932. The lowest BCUT2D eigenvalue weighted by Gasteiger charge is -2.46. The van der Waals surface area contributed by atoms with Crippen LogP contribution in [-0.4, -0.2) is 61.0 Å². The number of fused-ring (bicyclic) bond motifs is 3. The van der Waals surface area contributed by atoms with Crippen molar-refractivity contribution < 1.29 is 14.3 Å². The third-order valence-electron chi connectivity index (χ3n) is 6.85. The number of carbonyl (C=O) groups is 1. The number of nitrogens with one attached hydrogen (secondary N) is 1. The van der Waals surface area contributed by atoms with Crippen molar-refractivity contribution >= 4 is 29.2 Å². The predicted molar refractivity (Wildman–Crippen MR) is 127 cm³/mol. The van der Waals surface area contributed by atoms with Crippen LogP contribution in [0.1, 0.15) is 31.2 Å². The third kappa shape index (κ3) is 5.33. The SMILES string of the molecule is O=C(NC1CCC(CN2CC3COCCN3c3nc(Cl)ncc32)CC1)OCc1ccccc1. The smallest absolute Gasteiger partial charge is 0.407 e. The van der Waals surface area contributed by atoms with Gasteiger partial charge in [0.05, 0.1) is 31.1 Å². The molecule has 1 N–H and O–H groups in total. The van der Waals surface area contributed by atoms with E-state index in [2.05, 4.69) is 25.1 Å². The van der Waals surface area contributed by atoms with E-state index in [1.807, 2.05) is 36.5 Å². The minimum absolute atomic E-state index is 0.169. The highest BCUT2D eigenvalue weighted by Gasteiger charge is 2.36. The van der Waals surface area contributed by atoms with Gasteiger partial charge in [0, 0.05) is 25.7 Å². The van der Waals surface area contributed by atoms with Gasteiger partial charge in [-0.1, -0.05) is 30.3 Å². The van der Waals surface area contributed by atoms with E-state index in [-0.39, 0.29) is 23.5 Å². The number of anilines is 2. The van der Waals surface area contributed by atoms with Gasteiger partial charge in [0.15, 0.2) is 5.82 Å². The van der Waals surface area contributed by atoms with E-state index in [0.717, 1.165) is 62.4 Å². The van der Waals surface area contributed by atoms with Crippen molar-refractivity contribution in [2.45, 2.75) is 44.4 Å². The molecule has 2 aliphatic heterocycles. The van der Waals surface area contributed by atoms with E-state index in [4.69, 9.17) is 21.1 Å². The highest BCUT2D eigenvalue weighted by molar-refractivity contribution is 6.28. The summed E-state index contributed by atoms with van der Waals surface area (Å²) in [5.41, 5.74) is 2.05. The van der Waals surface area contributed by atoms with Crippen LogP contribution in [-0.2, 0) is 16.1 Å². The van der Waals surface area contributed by atoms with Crippen molar-refractivity contribution in [3.63, 3.8) is 0 Å². The topological polar surface area (TPSA) is 79.8 Å². The monoisotopic (exact) mass is 471 g/mol. The number of ether oxygens (including phenoxy) is 2. The van der Waals surface area contributed by atoms with Gasteiger partial charge in [-0.3, -0.25) is 0 Å². The van der Waals surface area contributed by atoms with Crippen LogP contribution in [0.3, 0.4) is 0 Å². The molecule has 0 radical (unpaired) electrons. The molecule has 2 aromatic rings. The molecule has 3 aliphatic rings. The molecule has 1 saturated heterocycles. The van der Waals surface area contributed by atoms with Crippen LogP contribution in [0.25, 0.3) is 0 Å². The van der Waals surface area contributed by atoms with Gasteiger partial charge in [-0.25, -0.2) is 9.78 Å². The first-order valence-corrected chi connectivity index (χ1v) is 12.1. The summed E-state index contributed by atoms with van der Waals surface area (Å²) < 4.78 is 11.1. The number of amides is 1. The van der Waals surface area contributed by atoms with Gasteiger partial charge < -0.3 is 24.6 Å². The zero-order valence-corrected chi connectivity index (χ0v) is 19.4. The first-order chi connectivity index (χ1) is 16.2. The molecule has 1 aromatic carbocycles. The second-order valence-electron chi connectivity index (χ2n) is 9.10. The molecule has 3 heterocycles. The number of nitrogens with zero attached hydrogens (tertiary/aromatic N) is 4. The number of halogens is 1. The molecule has 33 heavy (non-hydrogen) atoms. The Balaban J connectivity index is 1.13. The molecule has 1 aromatic heterocycles. The van der Waals surface area contributed by atoms with Gasteiger partial charge in [-0.2, -0.15) is 4.98 Å². The van der Waals surface area contributed by atoms with E-state index < -0.39 is 0 Å². The summed E-state index contributed by atoms with van der Waals surface area (Å²) >= 11 is 6.12. The Morgan fingerprint density at radius 1 is 1.21 bits per heavy atom. The van der Waals surface area contributed by atoms with Gasteiger partial charge in [0.2, 0.25) is 5.28 Å². The lowest BCUT2D eigenvalue weighted by atomic mass is 9.85. The van der Waals surface area contributed by atoms with Crippen LogP contribution in [0.5, 0.6) is 0 Å². The fourth-order valence-corrected chi connectivity index (χ4v) is 5.25. The van der Waals surface area contributed by atoms with Crippen LogP contribution in [0, 0.1) is 5.92 Å². The van der Waals surface area contributed by atoms with E-state index in [9.17, 15) is 4.79 Å². The van der Waals surface area contributed by atoms with Crippen molar-refractivity contribution in [1.82, 2.24) is 15.3 Å². The van der Waals surface area contributed by atoms with Gasteiger partial charge in [0.1, 0.15) is 6.61 Å². The summed E-state index contributed by atoms with van der Waals surface area (Å²) in [5.74, 6) is 1.48. The summed E-state index contributed by atoms with van der Waals surface area (Å²) in [4.78, 5) is 25.7. The van der Waals surface area contributed by atoms with Crippen molar-refractivity contribution in [1.29, 1.82) is 0 Å². The van der Waals surface area contributed by atoms with Crippen molar-refractivity contribution in [2.24, 2.45) is 5.92 Å². The minimum Gasteiger partial charge on any atom is -0.445 e. The van der Waals surface area contributed by atoms with Crippen LogP contribution in [0.15, 0.2) is 36.5 Å². The molecule has 9 heteroatoms. The van der Waals surface area contributed by atoms with Crippen LogP contribution >= 0.6 is 11.6 Å². The molecule has 8 nitrogen and oxygen atoms in total. The summed E-state index contributed by atoms with van der Waals surface area (Å²) in [6, 6.07) is 10.2. The van der Waals surface area contributed by atoms with E-state index in [1.165, 1.54) is 0 Å². The number of hydrogen-bond donors (Lipinski definition) is 1. The number of benzene rings is 1. The zero-order valence-electron chi connectivity index (χ0n) is 18.7. The predicted octanol–water partition coefficient (Wildman–Crippen LogP) is 3.64. The lowest BCUT2D eigenvalue weighted by Crippen LogP contribution is -2.56. The molecular weight excluding hydrogens is 442 g/mol. The molecule has 176 valence electrons. The first kappa shape index (κ1) is 22.2. The zero-order chi connectivity index (χ0) is 22.6. The van der Waals surface area contributed by atoms with Gasteiger partial charge in [-0.05, 0) is 48.8 Å². The molecular formula is C24H30ClN5O3. The number of morpholine rings is 1. The fourth-order valence-electron chi connectivity index (χ4n) is 5.12. The summed E-state index contributed by atoms with van der Waals surface area (Å²) in [6.45, 7) is 4.40. The van der Waals surface area contributed by atoms with Crippen LogP contribution in [0.4, 0.5) is 16.3 Å². The Morgan fingerprint density at radius 3 is 2.85 bits per heavy atom. The second kappa shape index (κ2) is 10.1. The largest absolute Gasteiger partial charge is 0.445 e. The van der Waals surface area contributed by atoms with E-state index in [0.29, 0.717) is 25.7 Å². The Kier molecular flexibility index (Phi) is 6.83. The number of alkyl carbamates (subject to hydrolysis) is 1. The number of rotatable bonds is 5. The van der Waals surface area contributed by atoms with E-state index in [1.54, 1.807) is 0 Å². The van der Waals surface area contributed by atoms with Crippen molar-refractivity contribution in [3.8, 4) is 0 Å². The molecule has 1 unspecified atom stereocenters. The standard InChI is InChI=1S/C24H30ClN5O3/c25-23-26-12-21-22(28-23)30-10-11-32-16-20(30)14-29(21)13-17-6-8-19(9-7-17)27-24(31)33-15-18-4-2-1-3-5-18/h1-5,12,17,19-20H,6-11,13-16H2,(H,27,31). The van der Waals surface area contributed by atoms with Gasteiger partial charge in [0.25, 0.3) is 0 Å². The highest BCUT2D eigenvalue weighted by atomic mass is 35.5. The van der Waals surface area contributed by atoms with Crippen molar-refractivity contribution in [3.05, 3.63) is 47.4 Å². The molecule has 2 fully saturated rings. The Bertz CT molecular complexity index is 954. The average molecular weight is 472 g/mol. The van der Waals surface area contributed by atoms with Gasteiger partial charge in [-0.15, -0.1) is 0 Å². The maximum absolute atomic E-state index is 12.2. The average Bonchev–Trinajstić information content (AvgIpc) is 2.84. The maximum Gasteiger partial charge on any atom is 0.407 e. The fraction of sp³-hybridized carbons (Fsp3) is 0.542. The molecule has 1 saturated carbocycles. The number of aromatic nitrogens is 2. The highest BCUT2D eigenvalue weighted by Crippen LogP contribution is 2.37. The minimum atomic E-state index is -0.335. The molecule has 0 spiro atoms. The van der Waals surface area contributed by atoms with E-state index >= 15 is 0 Å². The Hall–Kier alpha value is -2.58. The third-order valence-corrected chi connectivity index (χ3v) is 7.03. The molecule has 1 atom stereocenters. The second-order valence-corrected chi connectivity index (χ2v) is 9.44. The van der Waals surface area contributed by atoms with Gasteiger partial charge >= 0.3 is 6.09 Å². The number of carbonyl (C=O) groups excluding carboxylic acids is 1. The molecule has 1 aliphatic carbocycles. The quantitative estimate of drug-likeness (QED) is 0.667. The first-order valence-electron chi connectivity index (χ1n) is 11.7. The molecule has 1 amide bonds. The normalized spacial score (nSPS) is 24.6. The summed E-state index contributed by atoms with van der Waals surface area (Å²) in [5, 5.41) is 3.32. The van der Waals surface area contributed by atoms with Crippen LogP contribution < -0.4 is 15.1 Å². The maximum atomic E-state index is 12.2. The van der Waals surface area contributed by atoms with Crippen molar-refractivity contribution in [2.75, 3.05) is 42.6 Å². The molecule has 0 bridgehead atoms. The Morgan fingerprint density at radius 2 is 2.03 bits per heavy atom. The molecule has 5 rings (SSSR count). The van der Waals surface area contributed by atoms with Crippen LogP contribution in [0.2, 0.25) is 5.28 Å². The summed E-state index contributed by atoms with van der Waals surface area (Å²) in [6.07, 6.45) is 5.57. The number of hydrogen-bond acceptors (Lipinski definition) is 7. The Labute approximate surface area is 199 Å².